The number of carbonyl (C=O) groups excluding carboxylic acids is 2. The molecule has 208 valence electrons. The number of carbonyl (C=O) groups is 2. The lowest BCUT2D eigenvalue weighted by molar-refractivity contribution is -0.160. The molecular formula is C31H51N3O3. The smallest absolute Gasteiger partial charge is 0.234 e. The molecule has 6 aliphatic rings. The third-order valence-electron chi connectivity index (χ3n) is 12.8. The van der Waals surface area contributed by atoms with Crippen LogP contribution in [0.15, 0.2) is 0 Å². The van der Waals surface area contributed by atoms with E-state index in [0.29, 0.717) is 53.8 Å². The van der Waals surface area contributed by atoms with Gasteiger partial charge in [-0.3, -0.25) is 14.9 Å². The maximum atomic E-state index is 14.3. The molecule has 0 aromatic carbocycles. The number of nitrogens with one attached hydrogen (secondary N) is 2. The number of ketones is 1. The lowest BCUT2D eigenvalue weighted by Crippen LogP contribution is -2.60. The van der Waals surface area contributed by atoms with E-state index in [2.05, 4.69) is 38.3 Å². The van der Waals surface area contributed by atoms with Gasteiger partial charge in [-0.15, -0.1) is 0 Å². The van der Waals surface area contributed by atoms with Crippen LogP contribution in [0.1, 0.15) is 85.5 Å². The van der Waals surface area contributed by atoms with Crippen molar-refractivity contribution in [3.05, 3.63) is 0 Å². The number of likely N-dealkylation sites (N-methyl/N-ethyl adjacent to an activating group) is 1. The van der Waals surface area contributed by atoms with Gasteiger partial charge < -0.3 is 15.0 Å². The van der Waals surface area contributed by atoms with Gasteiger partial charge in [0.05, 0.1) is 12.6 Å². The number of rotatable bonds is 3. The maximum absolute atomic E-state index is 14.3. The molecule has 2 aliphatic heterocycles. The fourth-order valence-electron chi connectivity index (χ4n) is 10.8. The molecule has 2 N–H and O–H groups in total. The number of hydrogen-bond acceptors (Lipinski definition) is 5. The number of fused-ring (bicyclic) bond motifs is 7. The van der Waals surface area contributed by atoms with Crippen molar-refractivity contribution in [2.75, 3.05) is 27.2 Å². The Bertz CT molecular complexity index is 929. The molecule has 0 aromatic heterocycles. The van der Waals surface area contributed by atoms with Crippen molar-refractivity contribution in [1.29, 1.82) is 0 Å². The van der Waals surface area contributed by atoms with Crippen LogP contribution in [-0.2, 0) is 14.3 Å². The van der Waals surface area contributed by atoms with Crippen molar-refractivity contribution < 1.29 is 14.3 Å². The largest absolute Gasteiger partial charge is 0.357 e. The van der Waals surface area contributed by atoms with E-state index in [1.54, 1.807) is 0 Å². The molecule has 6 rings (SSSR count). The number of hydrogen-bond donors (Lipinski definition) is 2. The molecule has 4 aliphatic carbocycles. The zero-order valence-corrected chi connectivity index (χ0v) is 24.1. The number of ether oxygens (including phenoxy) is 1. The highest BCUT2D eigenvalue weighted by Crippen LogP contribution is 2.70. The summed E-state index contributed by atoms with van der Waals surface area (Å²) in [5.41, 5.74) is -0.235. The summed E-state index contributed by atoms with van der Waals surface area (Å²) in [4.78, 5) is 28.6. The standard InChI is InChI=1S/C31H51N3O3/c1-18-9-12-31(32-16-18)19(2)28-25(37-31)14-24-22-8-7-20-13-21(33-27(36)17-34(5)6)10-11-29(20,3)23(22)15-26(35)30(24,28)4/h18-25,28,32H,7-17H2,1-6H3,(H,33,36)/t18-,19-,20+,21?,22+,23-,24-,25-,28-,29-,30+,31+/m0/s1. The van der Waals surface area contributed by atoms with Gasteiger partial charge in [-0.05, 0) is 100 Å². The number of amides is 1. The van der Waals surface area contributed by atoms with Crippen molar-refractivity contribution in [2.45, 2.75) is 103 Å². The van der Waals surface area contributed by atoms with Crippen LogP contribution in [0.4, 0.5) is 0 Å². The third-order valence-corrected chi connectivity index (χ3v) is 12.8. The monoisotopic (exact) mass is 513 g/mol. The van der Waals surface area contributed by atoms with Crippen molar-refractivity contribution in [2.24, 2.45) is 52.3 Å². The Morgan fingerprint density at radius 3 is 2.57 bits per heavy atom. The minimum Gasteiger partial charge on any atom is -0.357 e. The Balaban J connectivity index is 1.19. The predicted molar refractivity (Wildman–Crippen MR) is 145 cm³/mol. The first-order chi connectivity index (χ1) is 17.5. The Hall–Kier alpha value is -0.980. The Labute approximate surface area is 224 Å². The highest BCUT2D eigenvalue weighted by molar-refractivity contribution is 5.87. The molecule has 6 nitrogen and oxygen atoms in total. The minimum absolute atomic E-state index is 0.141. The third kappa shape index (κ3) is 3.89. The number of nitrogens with zero attached hydrogens (tertiary/aromatic N) is 1. The second kappa shape index (κ2) is 9.02. The van der Waals surface area contributed by atoms with E-state index >= 15 is 0 Å². The van der Waals surface area contributed by atoms with Crippen molar-refractivity contribution >= 4 is 11.7 Å². The molecule has 12 atom stereocenters. The van der Waals surface area contributed by atoms with E-state index in [-0.39, 0.29) is 34.6 Å². The Morgan fingerprint density at radius 1 is 1.08 bits per heavy atom. The summed E-state index contributed by atoms with van der Waals surface area (Å²) in [7, 11) is 3.89. The Morgan fingerprint density at radius 2 is 1.86 bits per heavy atom. The van der Waals surface area contributed by atoms with Crippen molar-refractivity contribution in [3.63, 3.8) is 0 Å². The van der Waals surface area contributed by atoms with Crippen LogP contribution in [-0.4, -0.2) is 61.6 Å². The van der Waals surface area contributed by atoms with E-state index in [1.807, 2.05) is 19.0 Å². The number of piperidine rings is 1. The molecule has 0 aromatic rings. The summed E-state index contributed by atoms with van der Waals surface area (Å²) in [6.07, 6.45) is 10.1. The van der Waals surface area contributed by atoms with Gasteiger partial charge >= 0.3 is 0 Å². The van der Waals surface area contributed by atoms with Crippen molar-refractivity contribution in [3.8, 4) is 0 Å². The molecule has 6 heteroatoms. The minimum atomic E-state index is -0.236. The van der Waals surface area contributed by atoms with Gasteiger partial charge in [0.25, 0.3) is 0 Å². The fraction of sp³-hybridized carbons (Fsp3) is 0.935. The van der Waals surface area contributed by atoms with Crippen LogP contribution < -0.4 is 10.6 Å². The quantitative estimate of drug-likeness (QED) is 0.591. The van der Waals surface area contributed by atoms with Gasteiger partial charge in [0.2, 0.25) is 5.91 Å². The lowest BCUT2D eigenvalue weighted by atomic mass is 9.44. The van der Waals surface area contributed by atoms with Gasteiger partial charge in [-0.25, -0.2) is 0 Å². The van der Waals surface area contributed by atoms with Crippen LogP contribution >= 0.6 is 0 Å². The number of Topliss-reactive ketones (excluding diaryl/α,β-unsaturated/α-hetero) is 1. The molecule has 1 unspecified atom stereocenters. The second-order valence-electron chi connectivity index (χ2n) is 15.0. The van der Waals surface area contributed by atoms with E-state index in [0.717, 1.165) is 45.1 Å². The summed E-state index contributed by atoms with van der Waals surface area (Å²) >= 11 is 0. The van der Waals surface area contributed by atoms with Crippen LogP contribution in [0.2, 0.25) is 0 Å². The topological polar surface area (TPSA) is 70.7 Å². The van der Waals surface area contributed by atoms with Crippen LogP contribution in [0.5, 0.6) is 0 Å². The molecular weight excluding hydrogens is 462 g/mol. The zero-order chi connectivity index (χ0) is 26.3. The van der Waals surface area contributed by atoms with E-state index in [1.165, 1.54) is 19.3 Å². The molecule has 0 bridgehead atoms. The lowest BCUT2D eigenvalue weighted by Gasteiger charge is -2.60. The molecule has 2 saturated heterocycles. The van der Waals surface area contributed by atoms with Gasteiger partial charge in [0.1, 0.15) is 11.5 Å². The highest BCUT2D eigenvalue weighted by Gasteiger charge is 2.71. The summed E-state index contributed by atoms with van der Waals surface area (Å²) in [6, 6.07) is 0.286. The zero-order valence-electron chi connectivity index (χ0n) is 24.1. The van der Waals surface area contributed by atoms with Crippen LogP contribution in [0.25, 0.3) is 0 Å². The maximum Gasteiger partial charge on any atom is 0.234 e. The fourth-order valence-corrected chi connectivity index (χ4v) is 10.8. The van der Waals surface area contributed by atoms with Gasteiger partial charge in [0, 0.05) is 36.3 Å². The first kappa shape index (κ1) is 26.3. The summed E-state index contributed by atoms with van der Waals surface area (Å²) in [6.45, 7) is 11.0. The SMILES string of the molecule is C[C@H]1CC[C@@]2(NC1)O[C@H]1C[C@H]3[C@@H]4CC[C@@H]5CC(NC(=O)CN(C)C)CC[C@]5(C)[C@H]4CC(=O)[C@]3(C)[C@H]1[C@@H]2C. The van der Waals surface area contributed by atoms with E-state index < -0.39 is 0 Å². The molecule has 37 heavy (non-hydrogen) atoms. The predicted octanol–water partition coefficient (Wildman–Crippen LogP) is 4.23. The average Bonchev–Trinajstić information content (AvgIpc) is 3.28. The highest BCUT2D eigenvalue weighted by atomic mass is 16.5. The summed E-state index contributed by atoms with van der Waals surface area (Å²) in [5.74, 6) is 4.31. The molecule has 4 saturated carbocycles. The summed E-state index contributed by atoms with van der Waals surface area (Å²) < 4.78 is 6.96. The van der Waals surface area contributed by atoms with Gasteiger partial charge in [0.15, 0.2) is 0 Å². The molecule has 2 heterocycles. The molecule has 0 radical (unpaired) electrons. The normalized spacial score (nSPS) is 52.9. The summed E-state index contributed by atoms with van der Waals surface area (Å²) in [5, 5.41) is 7.13. The molecule has 1 amide bonds. The van der Waals surface area contributed by atoms with E-state index in [4.69, 9.17) is 4.74 Å². The molecule has 1 spiro atoms. The first-order valence-corrected chi connectivity index (χ1v) is 15.4. The van der Waals surface area contributed by atoms with Gasteiger partial charge in [-0.2, -0.15) is 0 Å². The Kier molecular flexibility index (Phi) is 6.40. The van der Waals surface area contributed by atoms with Crippen LogP contribution in [0.3, 0.4) is 0 Å². The molecule has 6 fully saturated rings. The first-order valence-electron chi connectivity index (χ1n) is 15.4. The van der Waals surface area contributed by atoms with Crippen LogP contribution in [0, 0.1) is 52.3 Å². The van der Waals surface area contributed by atoms with E-state index in [9.17, 15) is 9.59 Å². The van der Waals surface area contributed by atoms with Gasteiger partial charge in [-0.1, -0.05) is 27.7 Å². The van der Waals surface area contributed by atoms with Crippen molar-refractivity contribution in [1.82, 2.24) is 15.5 Å². The average molecular weight is 514 g/mol. The second-order valence-corrected chi connectivity index (χ2v) is 15.0.